The Labute approximate surface area is 212 Å². The van der Waals surface area contributed by atoms with Gasteiger partial charge in [-0.3, -0.25) is 4.55 Å². The molecule has 0 unspecified atom stereocenters. The first-order valence-corrected chi connectivity index (χ1v) is 13.5. The fraction of sp³-hybridized carbons (Fsp3) is 0.542. The van der Waals surface area contributed by atoms with Gasteiger partial charge in [0, 0.05) is 16.9 Å². The van der Waals surface area contributed by atoms with Crippen LogP contribution in [0.25, 0.3) is 0 Å². The number of aryl methyl sites for hydroxylation is 1. The third-order valence-corrected chi connectivity index (χ3v) is 5.84. The minimum Gasteiger partial charge on any atom is -0.462 e. The molecule has 0 radical (unpaired) electrons. The molecule has 9 nitrogen and oxygen atoms in total. The summed E-state index contributed by atoms with van der Waals surface area (Å²) in [5.41, 5.74) is 0.976. The molecule has 0 saturated heterocycles. The topological polar surface area (TPSA) is 125 Å². The molecule has 0 saturated carbocycles. The van der Waals surface area contributed by atoms with Crippen LogP contribution in [0.5, 0.6) is 11.8 Å². The maximum Gasteiger partial charge on any atom is 0.397 e. The summed E-state index contributed by atoms with van der Waals surface area (Å²) in [6.07, 6.45) is 11.3. The zero-order valence-corrected chi connectivity index (χ0v) is 21.5. The quantitative estimate of drug-likeness (QED) is 0.147. The lowest BCUT2D eigenvalue weighted by molar-refractivity contribution is 0.0494. The molecule has 0 atom stereocenters. The van der Waals surface area contributed by atoms with Gasteiger partial charge in [0.2, 0.25) is 0 Å². The predicted molar refractivity (Wildman–Crippen MR) is 132 cm³/mol. The van der Waals surface area contributed by atoms with Crippen molar-refractivity contribution >= 4 is 28.0 Å². The molecule has 35 heavy (non-hydrogen) atoms. The van der Waals surface area contributed by atoms with E-state index in [0.717, 1.165) is 63.5 Å². The standard InChI is InChI=1S/C24H33ClN2O7S/c1-19-14-15-26-24(27-19)34-22-13-12-20(25)18-21(22)23(28)32-16-10-8-6-4-2-3-5-7-9-11-17-33-35(29,30)31/h12-15,18H,2-11,16-17H2,1H3,(H,29,30,31). The van der Waals surface area contributed by atoms with Crippen molar-refractivity contribution in [1.82, 2.24) is 9.97 Å². The lowest BCUT2D eigenvalue weighted by Gasteiger charge is -2.11. The molecule has 1 N–H and O–H groups in total. The van der Waals surface area contributed by atoms with E-state index in [1.807, 2.05) is 6.92 Å². The number of esters is 1. The first-order chi connectivity index (χ1) is 16.7. The highest BCUT2D eigenvalue weighted by Gasteiger charge is 2.16. The summed E-state index contributed by atoms with van der Waals surface area (Å²) >= 11 is 6.06. The molecule has 1 heterocycles. The average molecular weight is 529 g/mol. The molecule has 194 valence electrons. The Balaban J connectivity index is 1.57. The molecule has 2 aromatic rings. The number of ether oxygens (including phenoxy) is 2. The van der Waals surface area contributed by atoms with Crippen LogP contribution in [0.4, 0.5) is 0 Å². The molecular formula is C24H33ClN2O7S. The van der Waals surface area contributed by atoms with E-state index in [1.165, 1.54) is 6.07 Å². The summed E-state index contributed by atoms with van der Waals surface area (Å²) in [4.78, 5) is 20.8. The Kier molecular flexibility index (Phi) is 13.0. The maximum absolute atomic E-state index is 12.6. The van der Waals surface area contributed by atoms with Gasteiger partial charge in [-0.1, -0.05) is 63.0 Å². The van der Waals surface area contributed by atoms with E-state index >= 15 is 0 Å². The third-order valence-electron chi connectivity index (χ3n) is 5.14. The summed E-state index contributed by atoms with van der Waals surface area (Å²) in [5, 5.41) is 0.404. The Morgan fingerprint density at radius 2 is 1.54 bits per heavy atom. The van der Waals surface area contributed by atoms with Gasteiger partial charge in [0.1, 0.15) is 11.3 Å². The van der Waals surface area contributed by atoms with E-state index < -0.39 is 16.4 Å². The van der Waals surface area contributed by atoms with E-state index in [1.54, 1.807) is 24.4 Å². The van der Waals surface area contributed by atoms with E-state index in [4.69, 9.17) is 25.6 Å². The zero-order chi connectivity index (χ0) is 25.5. The molecule has 0 amide bonds. The van der Waals surface area contributed by atoms with Gasteiger partial charge in [-0.05, 0) is 44.0 Å². The first-order valence-electron chi connectivity index (χ1n) is 11.8. The molecule has 0 aliphatic heterocycles. The summed E-state index contributed by atoms with van der Waals surface area (Å²) < 4.78 is 44.7. The number of rotatable bonds is 17. The highest BCUT2D eigenvalue weighted by Crippen LogP contribution is 2.27. The van der Waals surface area contributed by atoms with Gasteiger partial charge in [-0.25, -0.2) is 18.9 Å². The van der Waals surface area contributed by atoms with Crippen LogP contribution in [0, 0.1) is 6.92 Å². The average Bonchev–Trinajstić information content (AvgIpc) is 2.79. The molecule has 2 rings (SSSR count). The fourth-order valence-electron chi connectivity index (χ4n) is 3.35. The number of benzene rings is 1. The molecule has 0 aliphatic carbocycles. The second-order valence-electron chi connectivity index (χ2n) is 8.14. The van der Waals surface area contributed by atoms with Crippen LogP contribution < -0.4 is 4.74 Å². The van der Waals surface area contributed by atoms with Gasteiger partial charge < -0.3 is 9.47 Å². The van der Waals surface area contributed by atoms with Crippen molar-refractivity contribution < 1.29 is 31.4 Å². The smallest absolute Gasteiger partial charge is 0.397 e. The highest BCUT2D eigenvalue weighted by molar-refractivity contribution is 7.80. The summed E-state index contributed by atoms with van der Waals surface area (Å²) in [6.45, 7) is 2.16. The molecule has 0 fully saturated rings. The summed E-state index contributed by atoms with van der Waals surface area (Å²) in [6, 6.07) is 6.63. The number of aromatic nitrogens is 2. The molecule has 11 heteroatoms. The lowest BCUT2D eigenvalue weighted by atomic mass is 10.1. The van der Waals surface area contributed by atoms with Gasteiger partial charge >= 0.3 is 22.4 Å². The number of carbonyl (C=O) groups excluding carboxylic acids is 1. The van der Waals surface area contributed by atoms with Crippen LogP contribution in [-0.2, 0) is 19.3 Å². The second kappa shape index (κ2) is 15.7. The molecule has 0 spiro atoms. The molecular weight excluding hydrogens is 496 g/mol. The van der Waals surface area contributed by atoms with Crippen molar-refractivity contribution in [3.63, 3.8) is 0 Å². The Bertz CT molecular complexity index is 1030. The van der Waals surface area contributed by atoms with Gasteiger partial charge in [-0.15, -0.1) is 0 Å². The highest BCUT2D eigenvalue weighted by atomic mass is 35.5. The van der Waals surface area contributed by atoms with Gasteiger partial charge in [-0.2, -0.15) is 8.42 Å². The van der Waals surface area contributed by atoms with Crippen LogP contribution >= 0.6 is 11.6 Å². The van der Waals surface area contributed by atoms with Crippen LogP contribution in [-0.4, -0.2) is 42.1 Å². The van der Waals surface area contributed by atoms with Crippen LogP contribution in [0.15, 0.2) is 30.5 Å². The molecule has 0 bridgehead atoms. The van der Waals surface area contributed by atoms with E-state index in [0.29, 0.717) is 18.1 Å². The SMILES string of the molecule is Cc1ccnc(Oc2ccc(Cl)cc2C(=O)OCCCCCCCCCCCCOS(=O)(=O)O)n1. The van der Waals surface area contributed by atoms with E-state index in [2.05, 4.69) is 14.2 Å². The minimum absolute atomic E-state index is 0.0240. The number of unbranched alkanes of at least 4 members (excludes halogenated alkanes) is 9. The Hall–Kier alpha value is -2.27. The van der Waals surface area contributed by atoms with Crippen molar-refractivity contribution in [1.29, 1.82) is 0 Å². The first kappa shape index (κ1) is 29.0. The van der Waals surface area contributed by atoms with Gasteiger partial charge in [0.25, 0.3) is 0 Å². The van der Waals surface area contributed by atoms with Crippen LogP contribution in [0.1, 0.15) is 80.3 Å². The Morgan fingerprint density at radius 1 is 0.943 bits per heavy atom. The number of nitrogens with zero attached hydrogens (tertiary/aromatic N) is 2. The van der Waals surface area contributed by atoms with Crippen molar-refractivity contribution in [2.24, 2.45) is 0 Å². The Morgan fingerprint density at radius 3 is 2.14 bits per heavy atom. The number of hydrogen-bond acceptors (Lipinski definition) is 8. The third kappa shape index (κ3) is 12.8. The largest absolute Gasteiger partial charge is 0.462 e. The van der Waals surface area contributed by atoms with E-state index in [-0.39, 0.29) is 23.9 Å². The number of carbonyl (C=O) groups is 1. The molecule has 1 aromatic carbocycles. The maximum atomic E-state index is 12.6. The molecule has 0 aliphatic rings. The van der Waals surface area contributed by atoms with Crippen molar-refractivity contribution in [2.75, 3.05) is 13.2 Å². The number of hydrogen-bond donors (Lipinski definition) is 1. The monoisotopic (exact) mass is 528 g/mol. The molecule has 1 aromatic heterocycles. The van der Waals surface area contributed by atoms with Crippen molar-refractivity contribution in [2.45, 2.75) is 71.1 Å². The fourth-order valence-corrected chi connectivity index (χ4v) is 3.85. The van der Waals surface area contributed by atoms with Crippen molar-refractivity contribution in [3.8, 4) is 11.8 Å². The normalized spacial score (nSPS) is 11.4. The van der Waals surface area contributed by atoms with Crippen LogP contribution in [0.3, 0.4) is 0 Å². The zero-order valence-electron chi connectivity index (χ0n) is 19.9. The van der Waals surface area contributed by atoms with Crippen molar-refractivity contribution in [3.05, 3.63) is 46.7 Å². The number of halogens is 1. The predicted octanol–water partition coefficient (Wildman–Crippen LogP) is 6.11. The lowest BCUT2D eigenvalue weighted by Crippen LogP contribution is -2.08. The van der Waals surface area contributed by atoms with Crippen LogP contribution in [0.2, 0.25) is 5.02 Å². The minimum atomic E-state index is -4.32. The van der Waals surface area contributed by atoms with Gasteiger partial charge in [0.15, 0.2) is 0 Å². The second-order valence-corrected chi connectivity index (χ2v) is 9.67. The summed E-state index contributed by atoms with van der Waals surface area (Å²) in [7, 11) is -4.32. The van der Waals surface area contributed by atoms with Gasteiger partial charge in [0.05, 0.1) is 13.2 Å². The van der Waals surface area contributed by atoms with E-state index in [9.17, 15) is 13.2 Å². The summed E-state index contributed by atoms with van der Waals surface area (Å²) in [5.74, 6) is -0.215.